The molecule has 0 saturated heterocycles. The zero-order valence-corrected chi connectivity index (χ0v) is 55.8. The van der Waals surface area contributed by atoms with Crippen LogP contribution in [0.25, 0.3) is 171 Å². The third kappa shape index (κ3) is 8.76. The average Bonchev–Trinajstić information content (AvgIpc) is 1.61. The largest absolute Gasteiger partial charge is 0.333 e. The van der Waals surface area contributed by atoms with Crippen LogP contribution in [0.15, 0.2) is 358 Å². The summed E-state index contributed by atoms with van der Waals surface area (Å²) in [5.41, 5.74) is 25.1. The minimum absolute atomic E-state index is 0.190. The number of allylic oxidation sites excluding steroid dienone is 2. The number of rotatable bonds is 9. The first-order valence-corrected chi connectivity index (χ1v) is 35.5. The maximum absolute atomic E-state index is 5.85. The van der Waals surface area contributed by atoms with Crippen LogP contribution in [0.5, 0.6) is 0 Å². The maximum Gasteiger partial charge on any atom is 0.162 e. The van der Waals surface area contributed by atoms with E-state index in [9.17, 15) is 0 Å². The number of fused-ring (bicyclic) bond motifs is 18. The predicted octanol–water partition coefficient (Wildman–Crippen LogP) is 24.4. The Morgan fingerprint density at radius 3 is 1.25 bits per heavy atom. The minimum Gasteiger partial charge on any atom is -0.333 e. The van der Waals surface area contributed by atoms with Crippen molar-refractivity contribution in [2.24, 2.45) is 0 Å². The van der Waals surface area contributed by atoms with E-state index in [0.29, 0.717) is 5.82 Å². The number of para-hydroxylation sites is 7. The van der Waals surface area contributed by atoms with E-state index in [-0.39, 0.29) is 12.0 Å². The molecule has 2 atom stereocenters. The van der Waals surface area contributed by atoms with E-state index in [4.69, 9.17) is 9.97 Å². The lowest BCUT2D eigenvalue weighted by molar-refractivity contribution is 0.747. The van der Waals surface area contributed by atoms with Gasteiger partial charge in [0.15, 0.2) is 5.82 Å². The first-order chi connectivity index (χ1) is 51.1. The summed E-state index contributed by atoms with van der Waals surface area (Å²) in [6, 6.07) is 125. The van der Waals surface area contributed by atoms with Crippen molar-refractivity contribution in [3.05, 3.63) is 369 Å². The summed E-state index contributed by atoms with van der Waals surface area (Å²) in [7, 11) is 0. The van der Waals surface area contributed by atoms with Gasteiger partial charge in [-0.15, -0.1) is 0 Å². The summed E-state index contributed by atoms with van der Waals surface area (Å²) < 4.78 is 9.60. The summed E-state index contributed by atoms with van der Waals surface area (Å²) in [5, 5.41) is 12.7. The standard InChI is InChI=1S/C96H61N7/c1-4-23-68(24-5-1)99-84-35-16-12-31-73(84)78-54-61(40-47-88(78)99)62-43-50-91-81(57-62)76-34-15-19-38-87(76)102(91)71-29-20-22-67(53-71)95-97-94-72-30-11-10-21-60(72)39-46-77(94)96(98-95)103-92-51-44-65(63-41-48-89-79(55-63)74-32-13-17-36-85(74)100(89)69-25-6-2-7-26-69)58-82(92)83-59-66(45-52-93(83)103)64-42-49-90-80(56-64)75-33-14-18-37-86(75)101(90)70-27-8-3-9-28-70/h1-59,78,88H. The second-order valence-electron chi connectivity index (χ2n) is 27.6. The first-order valence-electron chi connectivity index (χ1n) is 35.5. The molecule has 7 heteroatoms. The van der Waals surface area contributed by atoms with E-state index in [1.165, 1.54) is 82.5 Å². The molecule has 2 unspecified atom stereocenters. The molecule has 5 aromatic heterocycles. The van der Waals surface area contributed by atoms with Crippen molar-refractivity contribution in [1.29, 1.82) is 0 Å². The van der Waals surface area contributed by atoms with Gasteiger partial charge in [0.2, 0.25) is 0 Å². The number of hydrogen-bond acceptors (Lipinski definition) is 3. The van der Waals surface area contributed by atoms with E-state index in [0.717, 1.165) is 105 Å². The summed E-state index contributed by atoms with van der Waals surface area (Å²) in [6.07, 6.45) is 7.24. The summed E-state index contributed by atoms with van der Waals surface area (Å²) in [4.78, 5) is 14.0. The molecule has 15 aromatic carbocycles. The van der Waals surface area contributed by atoms with Crippen LogP contribution in [0.2, 0.25) is 0 Å². The molecule has 1 aliphatic heterocycles. The molecule has 0 N–H and O–H groups in total. The molecule has 0 amide bonds. The third-order valence-electron chi connectivity index (χ3n) is 22.0. The Kier molecular flexibility index (Phi) is 12.5. The van der Waals surface area contributed by atoms with Crippen molar-refractivity contribution in [2.75, 3.05) is 4.90 Å². The highest BCUT2D eigenvalue weighted by atomic mass is 15.2. The number of hydrogen-bond donors (Lipinski definition) is 0. The summed E-state index contributed by atoms with van der Waals surface area (Å²) >= 11 is 0. The van der Waals surface area contributed by atoms with E-state index < -0.39 is 0 Å². The lowest BCUT2D eigenvalue weighted by atomic mass is 9.86. The van der Waals surface area contributed by atoms with Crippen molar-refractivity contribution in [2.45, 2.75) is 12.0 Å². The van der Waals surface area contributed by atoms with Gasteiger partial charge in [-0.05, 0) is 184 Å². The highest BCUT2D eigenvalue weighted by Crippen LogP contribution is 2.50. The van der Waals surface area contributed by atoms with Gasteiger partial charge in [-0.2, -0.15) is 0 Å². The molecule has 22 rings (SSSR count). The predicted molar refractivity (Wildman–Crippen MR) is 429 cm³/mol. The summed E-state index contributed by atoms with van der Waals surface area (Å²) in [5.74, 6) is 1.67. The lowest BCUT2D eigenvalue weighted by Crippen LogP contribution is -2.28. The molecular formula is C96H61N7. The number of nitrogens with zero attached hydrogens (tertiary/aromatic N) is 7. The highest BCUT2D eigenvalue weighted by Gasteiger charge is 2.38. The van der Waals surface area contributed by atoms with E-state index in [1.807, 2.05) is 0 Å². The molecule has 1 aliphatic carbocycles. The highest BCUT2D eigenvalue weighted by molar-refractivity contribution is 6.17. The van der Waals surface area contributed by atoms with Crippen molar-refractivity contribution >= 4 is 126 Å². The van der Waals surface area contributed by atoms with Crippen molar-refractivity contribution in [1.82, 2.24) is 28.2 Å². The van der Waals surface area contributed by atoms with Gasteiger partial charge in [-0.1, -0.05) is 218 Å². The lowest BCUT2D eigenvalue weighted by Gasteiger charge is -2.29. The smallest absolute Gasteiger partial charge is 0.162 e. The molecule has 6 heterocycles. The molecule has 0 radical (unpaired) electrons. The molecule has 0 bridgehead atoms. The fraction of sp³-hybridized carbons (Fsp3) is 0.0208. The second kappa shape index (κ2) is 22.4. The maximum atomic E-state index is 5.85. The molecule has 20 aromatic rings. The molecule has 0 spiro atoms. The zero-order valence-electron chi connectivity index (χ0n) is 55.8. The van der Waals surface area contributed by atoms with Crippen LogP contribution in [0, 0.1) is 0 Å². The van der Waals surface area contributed by atoms with Gasteiger partial charge in [-0.3, -0.25) is 4.57 Å². The monoisotopic (exact) mass is 1310 g/mol. The first kappa shape index (κ1) is 57.3. The summed E-state index contributed by atoms with van der Waals surface area (Å²) in [6.45, 7) is 0. The van der Waals surface area contributed by atoms with Gasteiger partial charge in [0.25, 0.3) is 0 Å². The molecule has 0 fully saturated rings. The fourth-order valence-electron chi connectivity index (χ4n) is 17.4. The van der Waals surface area contributed by atoms with Gasteiger partial charge in [0, 0.05) is 93.8 Å². The van der Waals surface area contributed by atoms with Crippen LogP contribution in [-0.4, -0.2) is 34.3 Å². The Balaban J connectivity index is 0.714. The van der Waals surface area contributed by atoms with Crippen LogP contribution < -0.4 is 4.90 Å². The van der Waals surface area contributed by atoms with Crippen LogP contribution >= 0.6 is 0 Å². The average molecular weight is 1310 g/mol. The minimum atomic E-state index is 0.190. The Morgan fingerprint density at radius 1 is 0.262 bits per heavy atom. The van der Waals surface area contributed by atoms with E-state index in [1.54, 1.807) is 0 Å². The van der Waals surface area contributed by atoms with Crippen molar-refractivity contribution < 1.29 is 0 Å². The van der Waals surface area contributed by atoms with Crippen LogP contribution in [-0.2, 0) is 0 Å². The van der Waals surface area contributed by atoms with Crippen molar-refractivity contribution in [3.8, 4) is 56.5 Å². The zero-order chi connectivity index (χ0) is 67.4. The molecular weight excluding hydrogens is 1250 g/mol. The molecule has 2 aliphatic rings. The molecule has 7 nitrogen and oxygen atoms in total. The van der Waals surface area contributed by atoms with Crippen LogP contribution in [0.1, 0.15) is 17.0 Å². The Labute approximate surface area is 592 Å². The van der Waals surface area contributed by atoms with Gasteiger partial charge < -0.3 is 18.6 Å². The van der Waals surface area contributed by atoms with Crippen LogP contribution in [0.4, 0.5) is 11.4 Å². The van der Waals surface area contributed by atoms with Gasteiger partial charge in [0.05, 0.1) is 55.7 Å². The third-order valence-corrected chi connectivity index (χ3v) is 22.0. The molecule has 0 saturated carbocycles. The van der Waals surface area contributed by atoms with Crippen molar-refractivity contribution in [3.63, 3.8) is 0 Å². The number of benzene rings is 15. The number of aromatic nitrogens is 6. The number of anilines is 2. The fourth-order valence-corrected chi connectivity index (χ4v) is 17.4. The van der Waals surface area contributed by atoms with Gasteiger partial charge >= 0.3 is 0 Å². The van der Waals surface area contributed by atoms with Gasteiger partial charge in [0.1, 0.15) is 5.82 Å². The topological polar surface area (TPSA) is 48.7 Å². The van der Waals surface area contributed by atoms with Gasteiger partial charge in [-0.25, -0.2) is 9.97 Å². The molecule has 103 heavy (non-hydrogen) atoms. The quantitative estimate of drug-likeness (QED) is 0.135. The normalized spacial score (nSPS) is 14.4. The Bertz CT molecular complexity index is 6790. The Morgan fingerprint density at radius 2 is 0.689 bits per heavy atom. The second-order valence-corrected chi connectivity index (χ2v) is 27.6. The molecule has 480 valence electrons. The van der Waals surface area contributed by atoms with E-state index in [2.05, 4.69) is 381 Å². The Hall–Kier alpha value is -13.6. The van der Waals surface area contributed by atoms with E-state index >= 15 is 0 Å². The van der Waals surface area contributed by atoms with Crippen LogP contribution in [0.3, 0.4) is 0 Å². The SMILES string of the molecule is C1=CC2C(C=C1c1ccc3c(c1)c1ccccc1n3-c1cccc(-c3nc(-n4c5ccc(-c6ccc7c(c6)c6ccccc6n7-c6ccccc6)cc5c5cc(-c6ccc7c(c6)c6ccccc6n7-c6ccccc6)ccc54)c4ccc5ccccc5c4n3)c1)c1ccccc1N2c1ccccc1.